The molecular weight excluding hydrogens is 312 g/mol. The van der Waals surface area contributed by atoms with Crippen LogP contribution in [0.25, 0.3) is 0 Å². The fourth-order valence-electron chi connectivity index (χ4n) is 3.30. The minimum atomic E-state index is 0.0837. The maximum Gasteiger partial charge on any atom is 0.223 e. The fourth-order valence-corrected chi connectivity index (χ4v) is 4.13. The smallest absolute Gasteiger partial charge is 0.223 e. The van der Waals surface area contributed by atoms with Gasteiger partial charge in [-0.1, -0.05) is 0 Å². The van der Waals surface area contributed by atoms with Crippen molar-refractivity contribution in [2.24, 2.45) is 0 Å². The third-order valence-electron chi connectivity index (χ3n) is 4.66. The zero-order valence-corrected chi connectivity index (χ0v) is 14.4. The second-order valence-corrected chi connectivity index (χ2v) is 7.55. The number of nitrogens with zero attached hydrogens (tertiary/aromatic N) is 2. The number of morpholine rings is 1. The summed E-state index contributed by atoms with van der Waals surface area (Å²) in [7, 11) is 0. The van der Waals surface area contributed by atoms with Crippen molar-refractivity contribution in [1.82, 2.24) is 9.80 Å². The molecule has 2 saturated heterocycles. The monoisotopic (exact) mass is 336 g/mol. The van der Waals surface area contributed by atoms with Gasteiger partial charge in [0.2, 0.25) is 5.91 Å². The first kappa shape index (κ1) is 16.6. The molecule has 2 aliphatic rings. The Kier molecular flexibility index (Phi) is 5.46. The zero-order chi connectivity index (χ0) is 16.2. The van der Waals surface area contributed by atoms with Crippen LogP contribution in [0.5, 0.6) is 0 Å². The minimum Gasteiger partial charge on any atom is -0.379 e. The number of rotatable bonds is 5. The summed E-state index contributed by atoms with van der Waals surface area (Å²) >= 11 is 1.51. The number of amides is 1. The zero-order valence-electron chi connectivity index (χ0n) is 13.6. The van der Waals surface area contributed by atoms with Crippen LogP contribution in [-0.2, 0) is 9.53 Å². The standard InChI is InChI=1S/C17H24N2O3S/c1-13-2-4-16(23-13)15(20)3-5-17(21)19-7-6-14(12-19)18-8-10-22-11-9-18/h2,4,14H,3,5-12H2,1H3/t14-/m0/s1. The lowest BCUT2D eigenvalue weighted by molar-refractivity contribution is -0.130. The van der Waals surface area contributed by atoms with Crippen LogP contribution in [0.2, 0.25) is 0 Å². The summed E-state index contributed by atoms with van der Waals surface area (Å²) in [6.45, 7) is 7.10. The second-order valence-electron chi connectivity index (χ2n) is 6.26. The van der Waals surface area contributed by atoms with E-state index in [2.05, 4.69) is 4.90 Å². The molecule has 126 valence electrons. The van der Waals surface area contributed by atoms with Gasteiger partial charge in [0, 0.05) is 49.9 Å². The summed E-state index contributed by atoms with van der Waals surface area (Å²) in [5.41, 5.74) is 0. The third-order valence-corrected chi connectivity index (χ3v) is 5.70. The van der Waals surface area contributed by atoms with Gasteiger partial charge in [-0.05, 0) is 25.5 Å². The first-order valence-electron chi connectivity index (χ1n) is 8.32. The van der Waals surface area contributed by atoms with Crippen molar-refractivity contribution >= 4 is 23.0 Å². The lowest BCUT2D eigenvalue weighted by Crippen LogP contribution is -2.45. The van der Waals surface area contributed by atoms with Gasteiger partial charge in [0.1, 0.15) is 0 Å². The molecule has 0 aliphatic carbocycles. The Balaban J connectivity index is 1.44. The molecule has 0 radical (unpaired) electrons. The minimum absolute atomic E-state index is 0.0837. The van der Waals surface area contributed by atoms with Gasteiger partial charge >= 0.3 is 0 Å². The Morgan fingerprint density at radius 3 is 2.70 bits per heavy atom. The molecule has 0 spiro atoms. The maximum atomic E-state index is 12.3. The number of Topliss-reactive ketones (excluding diaryl/α,β-unsaturated/α-hetero) is 1. The van der Waals surface area contributed by atoms with Crippen LogP contribution in [0.1, 0.15) is 33.8 Å². The van der Waals surface area contributed by atoms with Crippen LogP contribution in [0.15, 0.2) is 12.1 Å². The average Bonchev–Trinajstić information content (AvgIpc) is 3.22. The topological polar surface area (TPSA) is 49.9 Å². The molecule has 23 heavy (non-hydrogen) atoms. The number of carbonyl (C=O) groups is 2. The van der Waals surface area contributed by atoms with Crippen molar-refractivity contribution in [3.63, 3.8) is 0 Å². The van der Waals surface area contributed by atoms with Crippen LogP contribution in [-0.4, -0.2) is 66.9 Å². The van der Waals surface area contributed by atoms with Crippen molar-refractivity contribution < 1.29 is 14.3 Å². The molecule has 1 aromatic rings. The van der Waals surface area contributed by atoms with Crippen LogP contribution in [0, 0.1) is 6.92 Å². The summed E-state index contributed by atoms with van der Waals surface area (Å²) < 4.78 is 5.38. The Morgan fingerprint density at radius 2 is 2.00 bits per heavy atom. The predicted octanol–water partition coefficient (Wildman–Crippen LogP) is 1.95. The molecular formula is C17H24N2O3S. The molecule has 1 amide bonds. The summed E-state index contributed by atoms with van der Waals surface area (Å²) in [6.07, 6.45) is 1.67. The van der Waals surface area contributed by atoms with E-state index in [1.54, 1.807) is 0 Å². The third kappa shape index (κ3) is 4.19. The SMILES string of the molecule is Cc1ccc(C(=O)CCC(=O)N2CC[C@H](N3CCOCC3)C2)s1. The molecule has 3 rings (SSSR count). The molecule has 6 heteroatoms. The van der Waals surface area contributed by atoms with E-state index in [0.29, 0.717) is 18.9 Å². The maximum absolute atomic E-state index is 12.3. The molecule has 5 nitrogen and oxygen atoms in total. The number of aryl methyl sites for hydroxylation is 1. The van der Waals surface area contributed by atoms with Crippen molar-refractivity contribution in [3.8, 4) is 0 Å². The number of ether oxygens (including phenoxy) is 1. The van der Waals surface area contributed by atoms with E-state index in [-0.39, 0.29) is 11.7 Å². The molecule has 0 saturated carbocycles. The molecule has 2 aliphatic heterocycles. The Labute approximate surface area is 141 Å². The molecule has 3 heterocycles. The lowest BCUT2D eigenvalue weighted by atomic mass is 10.2. The van der Waals surface area contributed by atoms with Gasteiger partial charge in [-0.3, -0.25) is 14.5 Å². The second kappa shape index (κ2) is 7.55. The van der Waals surface area contributed by atoms with E-state index in [1.165, 1.54) is 11.3 Å². The van der Waals surface area contributed by atoms with E-state index in [0.717, 1.165) is 55.6 Å². The Morgan fingerprint density at radius 1 is 1.22 bits per heavy atom. The average molecular weight is 336 g/mol. The van der Waals surface area contributed by atoms with Crippen LogP contribution < -0.4 is 0 Å². The van der Waals surface area contributed by atoms with Crippen molar-refractivity contribution in [2.75, 3.05) is 39.4 Å². The van der Waals surface area contributed by atoms with Gasteiger partial charge in [0.15, 0.2) is 5.78 Å². The Bertz CT molecular complexity index is 566. The van der Waals surface area contributed by atoms with Crippen LogP contribution in [0.4, 0.5) is 0 Å². The lowest BCUT2D eigenvalue weighted by Gasteiger charge is -2.32. The molecule has 1 atom stereocenters. The van der Waals surface area contributed by atoms with Crippen molar-refractivity contribution in [3.05, 3.63) is 21.9 Å². The molecule has 0 unspecified atom stereocenters. The number of thiophene rings is 1. The van der Waals surface area contributed by atoms with E-state index >= 15 is 0 Å². The molecule has 2 fully saturated rings. The van der Waals surface area contributed by atoms with E-state index in [1.807, 2.05) is 24.0 Å². The molecule has 0 aromatic carbocycles. The summed E-state index contributed by atoms with van der Waals surface area (Å²) in [6, 6.07) is 4.27. The van der Waals surface area contributed by atoms with Crippen molar-refractivity contribution in [2.45, 2.75) is 32.2 Å². The number of likely N-dealkylation sites (tertiary alicyclic amines) is 1. The number of carbonyl (C=O) groups excluding carboxylic acids is 2. The van der Waals surface area contributed by atoms with Gasteiger partial charge in [-0.15, -0.1) is 11.3 Å². The quantitative estimate of drug-likeness (QED) is 0.771. The fraction of sp³-hybridized carbons (Fsp3) is 0.647. The number of ketones is 1. The van der Waals surface area contributed by atoms with E-state index in [4.69, 9.17) is 4.74 Å². The highest BCUT2D eigenvalue weighted by atomic mass is 32.1. The predicted molar refractivity (Wildman–Crippen MR) is 90.0 cm³/mol. The highest BCUT2D eigenvalue weighted by Gasteiger charge is 2.31. The number of hydrogen-bond donors (Lipinski definition) is 0. The molecule has 1 aromatic heterocycles. The van der Waals surface area contributed by atoms with Crippen LogP contribution >= 0.6 is 11.3 Å². The highest BCUT2D eigenvalue weighted by Crippen LogP contribution is 2.20. The van der Waals surface area contributed by atoms with Gasteiger partial charge in [0.05, 0.1) is 18.1 Å². The van der Waals surface area contributed by atoms with Crippen LogP contribution in [0.3, 0.4) is 0 Å². The van der Waals surface area contributed by atoms with E-state index in [9.17, 15) is 9.59 Å². The largest absolute Gasteiger partial charge is 0.379 e. The summed E-state index contributed by atoms with van der Waals surface area (Å²) in [5.74, 6) is 0.197. The van der Waals surface area contributed by atoms with Gasteiger partial charge in [-0.25, -0.2) is 0 Å². The molecule has 0 N–H and O–H groups in total. The first-order valence-corrected chi connectivity index (χ1v) is 9.14. The normalized spacial score (nSPS) is 22.5. The molecule has 0 bridgehead atoms. The highest BCUT2D eigenvalue weighted by molar-refractivity contribution is 7.14. The first-order chi connectivity index (χ1) is 11.1. The summed E-state index contributed by atoms with van der Waals surface area (Å²) in [4.78, 5) is 30.7. The Hall–Kier alpha value is -1.24. The number of hydrogen-bond acceptors (Lipinski definition) is 5. The van der Waals surface area contributed by atoms with Crippen molar-refractivity contribution in [1.29, 1.82) is 0 Å². The summed E-state index contributed by atoms with van der Waals surface area (Å²) in [5, 5.41) is 0. The van der Waals surface area contributed by atoms with Gasteiger partial charge in [0.25, 0.3) is 0 Å². The van der Waals surface area contributed by atoms with Gasteiger partial charge < -0.3 is 9.64 Å². The van der Waals surface area contributed by atoms with Gasteiger partial charge in [-0.2, -0.15) is 0 Å². The van der Waals surface area contributed by atoms with E-state index < -0.39 is 0 Å².